The van der Waals surface area contributed by atoms with Gasteiger partial charge in [-0.3, -0.25) is 0 Å². The van der Waals surface area contributed by atoms with Crippen LogP contribution in [0.2, 0.25) is 0 Å². The average molecular weight is 253 g/mol. The van der Waals surface area contributed by atoms with Gasteiger partial charge in [0.2, 0.25) is 0 Å². The summed E-state index contributed by atoms with van der Waals surface area (Å²) in [7, 11) is 0. The van der Waals surface area contributed by atoms with E-state index >= 15 is 0 Å². The van der Waals surface area contributed by atoms with Crippen molar-refractivity contribution in [3.8, 4) is 0 Å². The molecule has 0 aromatic carbocycles. The van der Waals surface area contributed by atoms with Crippen LogP contribution in [0, 0.1) is 5.92 Å². The number of nitrogens with zero attached hydrogens (tertiary/aromatic N) is 3. The third kappa shape index (κ3) is 2.36. The molecule has 0 saturated carbocycles. The quantitative estimate of drug-likeness (QED) is 0.866. The molecule has 2 aliphatic heterocycles. The van der Waals surface area contributed by atoms with Crippen LogP contribution >= 0.6 is 11.8 Å². The van der Waals surface area contributed by atoms with Gasteiger partial charge in [-0.15, -0.1) is 0 Å². The molecule has 0 radical (unpaired) electrons. The number of thioether (sulfide) groups is 1. The first kappa shape index (κ1) is 11.5. The lowest BCUT2D eigenvalue weighted by Crippen LogP contribution is -2.23. The van der Waals surface area contributed by atoms with Gasteiger partial charge in [-0.1, -0.05) is 0 Å². The minimum absolute atomic E-state index is 0.273. The first-order chi connectivity index (χ1) is 8.36. The maximum Gasteiger partial charge on any atom is 0.154 e. The smallest absolute Gasteiger partial charge is 0.154 e. The van der Waals surface area contributed by atoms with Gasteiger partial charge in [0.15, 0.2) is 5.82 Å². The minimum atomic E-state index is 0.273. The van der Waals surface area contributed by atoms with Crippen molar-refractivity contribution in [2.45, 2.75) is 38.1 Å². The Bertz CT molecular complexity index is 387. The molecule has 4 nitrogen and oxygen atoms in total. The molecule has 5 heteroatoms. The normalized spacial score (nSPS) is 25.8. The summed E-state index contributed by atoms with van der Waals surface area (Å²) in [5, 5.41) is 13.9. The first-order valence-corrected chi connectivity index (χ1v) is 7.64. The third-order valence-electron chi connectivity index (χ3n) is 3.82. The van der Waals surface area contributed by atoms with Crippen LogP contribution in [0.15, 0.2) is 0 Å². The van der Waals surface area contributed by atoms with E-state index in [1.54, 1.807) is 0 Å². The lowest BCUT2D eigenvalue weighted by atomic mass is 10.0. The van der Waals surface area contributed by atoms with Gasteiger partial charge in [0.1, 0.15) is 5.82 Å². The fourth-order valence-electron chi connectivity index (χ4n) is 2.67. The van der Waals surface area contributed by atoms with E-state index in [0.717, 1.165) is 31.0 Å². The van der Waals surface area contributed by atoms with Gasteiger partial charge in [-0.05, 0) is 30.8 Å². The van der Waals surface area contributed by atoms with Gasteiger partial charge in [0.25, 0.3) is 0 Å². The molecule has 2 aliphatic rings. The second-order valence-electron chi connectivity index (χ2n) is 5.04. The summed E-state index contributed by atoms with van der Waals surface area (Å²) in [5.41, 5.74) is 0. The fraction of sp³-hybridized carbons (Fsp3) is 0.833. The predicted octanol–water partition coefficient (Wildman–Crippen LogP) is 1.44. The van der Waals surface area contributed by atoms with Crippen molar-refractivity contribution in [2.24, 2.45) is 5.92 Å². The summed E-state index contributed by atoms with van der Waals surface area (Å²) >= 11 is 2.04. The summed E-state index contributed by atoms with van der Waals surface area (Å²) < 4.78 is 2.03. The summed E-state index contributed by atoms with van der Waals surface area (Å²) in [6.07, 6.45) is 4.46. The van der Waals surface area contributed by atoms with Crippen LogP contribution < -0.4 is 0 Å². The molecule has 1 unspecified atom stereocenters. The lowest BCUT2D eigenvalue weighted by Gasteiger charge is -2.20. The van der Waals surface area contributed by atoms with E-state index in [1.807, 2.05) is 16.4 Å². The maximum absolute atomic E-state index is 9.21. The number of aromatic nitrogens is 3. The van der Waals surface area contributed by atoms with Crippen molar-refractivity contribution in [3.63, 3.8) is 0 Å². The Labute approximate surface area is 106 Å². The number of hydrogen-bond acceptors (Lipinski definition) is 4. The Morgan fingerprint density at radius 1 is 1.29 bits per heavy atom. The summed E-state index contributed by atoms with van der Waals surface area (Å²) in [4.78, 5) is 4.70. The van der Waals surface area contributed by atoms with Crippen LogP contribution in [0.25, 0.3) is 0 Å². The van der Waals surface area contributed by atoms with Crippen molar-refractivity contribution in [2.75, 3.05) is 18.1 Å². The molecule has 94 valence electrons. The van der Waals surface area contributed by atoms with Crippen molar-refractivity contribution >= 4 is 11.8 Å². The maximum atomic E-state index is 9.21. The molecule has 0 bridgehead atoms. The molecule has 1 aromatic heterocycles. The number of fused-ring (bicyclic) bond motifs is 1. The van der Waals surface area contributed by atoms with Gasteiger partial charge >= 0.3 is 0 Å². The molecule has 1 atom stereocenters. The number of aliphatic hydroxyl groups excluding tert-OH is 1. The highest BCUT2D eigenvalue weighted by atomic mass is 32.2. The Morgan fingerprint density at radius 3 is 2.88 bits per heavy atom. The SMILES string of the molecule is OCC1CCc2nc(C3CCSCC3)nn2C1. The molecule has 1 fully saturated rings. The first-order valence-electron chi connectivity index (χ1n) is 6.49. The number of aryl methyl sites for hydroxylation is 1. The van der Waals surface area contributed by atoms with Crippen molar-refractivity contribution < 1.29 is 5.11 Å². The Morgan fingerprint density at radius 2 is 2.12 bits per heavy atom. The van der Waals surface area contributed by atoms with Gasteiger partial charge in [0.05, 0.1) is 0 Å². The lowest BCUT2D eigenvalue weighted by molar-refractivity contribution is 0.185. The van der Waals surface area contributed by atoms with E-state index < -0.39 is 0 Å². The molecule has 0 spiro atoms. The van der Waals surface area contributed by atoms with E-state index in [1.165, 1.54) is 24.3 Å². The molecular formula is C12H19N3OS. The second kappa shape index (κ2) is 4.98. The van der Waals surface area contributed by atoms with E-state index in [9.17, 15) is 5.11 Å². The molecule has 0 aliphatic carbocycles. The summed E-state index contributed by atoms with van der Waals surface area (Å²) in [6, 6.07) is 0. The molecule has 3 rings (SSSR count). The fourth-order valence-corrected chi connectivity index (χ4v) is 3.78. The molecular weight excluding hydrogens is 234 g/mol. The van der Waals surface area contributed by atoms with Crippen LogP contribution in [0.5, 0.6) is 0 Å². The number of aliphatic hydroxyl groups is 1. The Balaban J connectivity index is 1.77. The standard InChI is InChI=1S/C12H19N3OS/c16-8-9-1-2-11-13-12(14-15(11)7-9)10-3-5-17-6-4-10/h9-10,16H,1-8H2. The van der Waals surface area contributed by atoms with E-state index in [4.69, 9.17) is 4.98 Å². The van der Waals surface area contributed by atoms with Gasteiger partial charge in [-0.2, -0.15) is 16.9 Å². The largest absolute Gasteiger partial charge is 0.396 e. The summed E-state index contributed by atoms with van der Waals surface area (Å²) in [5.74, 6) is 5.62. The van der Waals surface area contributed by atoms with Gasteiger partial charge in [-0.25, -0.2) is 9.67 Å². The number of hydrogen-bond donors (Lipinski definition) is 1. The van der Waals surface area contributed by atoms with Crippen LogP contribution in [0.4, 0.5) is 0 Å². The van der Waals surface area contributed by atoms with Crippen molar-refractivity contribution in [1.82, 2.24) is 14.8 Å². The number of rotatable bonds is 2. The topological polar surface area (TPSA) is 50.9 Å². The van der Waals surface area contributed by atoms with Crippen LogP contribution in [0.3, 0.4) is 0 Å². The monoisotopic (exact) mass is 253 g/mol. The highest BCUT2D eigenvalue weighted by molar-refractivity contribution is 7.99. The predicted molar refractivity (Wildman–Crippen MR) is 68.2 cm³/mol. The van der Waals surface area contributed by atoms with Gasteiger partial charge in [0, 0.05) is 31.4 Å². The molecule has 0 amide bonds. The van der Waals surface area contributed by atoms with Gasteiger partial charge < -0.3 is 5.11 Å². The second-order valence-corrected chi connectivity index (χ2v) is 6.27. The Kier molecular flexibility index (Phi) is 3.38. The Hall–Kier alpha value is -0.550. The van der Waals surface area contributed by atoms with Crippen LogP contribution in [-0.2, 0) is 13.0 Å². The van der Waals surface area contributed by atoms with Crippen LogP contribution in [0.1, 0.15) is 36.8 Å². The molecule has 1 N–H and O–H groups in total. The molecule has 1 aromatic rings. The third-order valence-corrected chi connectivity index (χ3v) is 4.87. The molecule has 17 heavy (non-hydrogen) atoms. The van der Waals surface area contributed by atoms with Crippen molar-refractivity contribution in [1.29, 1.82) is 0 Å². The molecule has 3 heterocycles. The van der Waals surface area contributed by atoms with Crippen LogP contribution in [-0.4, -0.2) is 38.0 Å². The highest BCUT2D eigenvalue weighted by Gasteiger charge is 2.25. The summed E-state index contributed by atoms with van der Waals surface area (Å²) in [6.45, 7) is 1.12. The zero-order chi connectivity index (χ0) is 11.7. The zero-order valence-corrected chi connectivity index (χ0v) is 10.8. The minimum Gasteiger partial charge on any atom is -0.396 e. The van der Waals surface area contributed by atoms with Crippen molar-refractivity contribution in [3.05, 3.63) is 11.6 Å². The van der Waals surface area contributed by atoms with E-state index in [-0.39, 0.29) is 6.61 Å². The van der Waals surface area contributed by atoms with E-state index in [0.29, 0.717) is 11.8 Å². The highest BCUT2D eigenvalue weighted by Crippen LogP contribution is 2.30. The zero-order valence-electron chi connectivity index (χ0n) is 10.0. The average Bonchev–Trinajstić information content (AvgIpc) is 2.82. The van der Waals surface area contributed by atoms with E-state index in [2.05, 4.69) is 5.10 Å². The molecule has 1 saturated heterocycles.